The highest BCUT2D eigenvalue weighted by molar-refractivity contribution is 6.52. The Morgan fingerprint density at radius 2 is 2.06 bits per heavy atom. The first-order valence-corrected chi connectivity index (χ1v) is 5.35. The normalized spacial score (nSPS) is 14.2. The van der Waals surface area contributed by atoms with Crippen LogP contribution in [0.25, 0.3) is 0 Å². The molecule has 0 aliphatic carbocycles. The van der Waals surface area contributed by atoms with Gasteiger partial charge in [0.25, 0.3) is 11.7 Å². The molecular formula is C12H14N2O3. The molecule has 1 aliphatic heterocycles. The zero-order valence-corrected chi connectivity index (χ0v) is 9.82. The maximum atomic E-state index is 11.8. The summed E-state index contributed by atoms with van der Waals surface area (Å²) >= 11 is 0. The molecule has 1 heterocycles. The first-order valence-electron chi connectivity index (χ1n) is 5.35. The van der Waals surface area contributed by atoms with E-state index in [4.69, 9.17) is 10.5 Å². The molecule has 0 saturated carbocycles. The molecule has 1 aliphatic rings. The van der Waals surface area contributed by atoms with Gasteiger partial charge in [0.05, 0.1) is 18.4 Å². The smallest absolute Gasteiger partial charge is 0.299 e. The van der Waals surface area contributed by atoms with Crippen LogP contribution < -0.4 is 15.4 Å². The fraction of sp³-hybridized carbons (Fsp3) is 0.333. The number of hydrogen-bond donors (Lipinski definition) is 1. The van der Waals surface area contributed by atoms with Gasteiger partial charge >= 0.3 is 0 Å². The van der Waals surface area contributed by atoms with E-state index in [9.17, 15) is 9.59 Å². The average molecular weight is 234 g/mol. The third-order valence-corrected chi connectivity index (χ3v) is 2.82. The molecule has 2 rings (SSSR count). The lowest BCUT2D eigenvalue weighted by Crippen LogP contribution is -2.34. The second-order valence-corrected chi connectivity index (χ2v) is 3.92. The third kappa shape index (κ3) is 1.68. The minimum atomic E-state index is -0.512. The van der Waals surface area contributed by atoms with Crippen molar-refractivity contribution >= 4 is 17.4 Å². The molecule has 2 N–H and O–H groups in total. The standard InChI is InChI=1S/C12H14N2O3/c1-7-5-8(17-2)6-9-10(7)14(4-3-13)12(16)11(9)15/h5-6H,3-4,13H2,1-2H3. The summed E-state index contributed by atoms with van der Waals surface area (Å²) in [5.74, 6) is -0.422. The van der Waals surface area contributed by atoms with Gasteiger partial charge in [-0.05, 0) is 24.6 Å². The highest BCUT2D eigenvalue weighted by Gasteiger charge is 2.36. The maximum absolute atomic E-state index is 11.8. The summed E-state index contributed by atoms with van der Waals surface area (Å²) in [5.41, 5.74) is 7.35. The predicted molar refractivity (Wildman–Crippen MR) is 63.5 cm³/mol. The van der Waals surface area contributed by atoms with Gasteiger partial charge in [0, 0.05) is 13.1 Å². The largest absolute Gasteiger partial charge is 0.497 e. The average Bonchev–Trinajstić information content (AvgIpc) is 2.55. The molecule has 0 radical (unpaired) electrons. The van der Waals surface area contributed by atoms with Gasteiger partial charge in [-0.2, -0.15) is 0 Å². The van der Waals surface area contributed by atoms with E-state index in [1.54, 1.807) is 12.1 Å². The number of rotatable bonds is 3. The van der Waals surface area contributed by atoms with Crippen molar-refractivity contribution in [2.24, 2.45) is 5.73 Å². The molecule has 17 heavy (non-hydrogen) atoms. The first kappa shape index (κ1) is 11.6. The summed E-state index contributed by atoms with van der Waals surface area (Å²) in [7, 11) is 1.53. The van der Waals surface area contributed by atoms with Gasteiger partial charge in [0.2, 0.25) is 0 Å². The lowest BCUT2D eigenvalue weighted by Gasteiger charge is -2.17. The highest BCUT2D eigenvalue weighted by Crippen LogP contribution is 2.35. The topological polar surface area (TPSA) is 72.6 Å². The number of carbonyl (C=O) groups is 2. The molecule has 1 aromatic carbocycles. The van der Waals surface area contributed by atoms with Crippen molar-refractivity contribution in [1.29, 1.82) is 0 Å². The summed E-state index contributed by atoms with van der Waals surface area (Å²) in [6, 6.07) is 3.40. The number of methoxy groups -OCH3 is 1. The molecule has 0 aromatic heterocycles. The van der Waals surface area contributed by atoms with Gasteiger partial charge < -0.3 is 15.4 Å². The second kappa shape index (κ2) is 4.18. The highest BCUT2D eigenvalue weighted by atomic mass is 16.5. The summed E-state index contributed by atoms with van der Waals surface area (Å²) in [5, 5.41) is 0. The van der Waals surface area contributed by atoms with Crippen molar-refractivity contribution in [1.82, 2.24) is 0 Å². The zero-order valence-electron chi connectivity index (χ0n) is 9.82. The molecule has 1 aromatic rings. The Morgan fingerprint density at radius 3 is 2.65 bits per heavy atom. The lowest BCUT2D eigenvalue weighted by atomic mass is 10.1. The Morgan fingerprint density at radius 1 is 1.35 bits per heavy atom. The summed E-state index contributed by atoms with van der Waals surface area (Å²) in [6.07, 6.45) is 0. The number of anilines is 1. The van der Waals surface area contributed by atoms with Crippen LogP contribution in [-0.4, -0.2) is 31.9 Å². The van der Waals surface area contributed by atoms with Crippen molar-refractivity contribution in [2.75, 3.05) is 25.1 Å². The Bertz CT molecular complexity index is 497. The van der Waals surface area contributed by atoms with E-state index < -0.39 is 11.7 Å². The number of benzene rings is 1. The van der Waals surface area contributed by atoms with Gasteiger partial charge in [-0.3, -0.25) is 9.59 Å². The van der Waals surface area contributed by atoms with Crippen LogP contribution >= 0.6 is 0 Å². The van der Waals surface area contributed by atoms with E-state index in [0.29, 0.717) is 30.1 Å². The lowest BCUT2D eigenvalue weighted by molar-refractivity contribution is -0.114. The van der Waals surface area contributed by atoms with Gasteiger partial charge in [-0.1, -0.05) is 0 Å². The van der Waals surface area contributed by atoms with Crippen molar-refractivity contribution < 1.29 is 14.3 Å². The van der Waals surface area contributed by atoms with Gasteiger partial charge in [0.1, 0.15) is 5.75 Å². The number of aryl methyl sites for hydroxylation is 1. The predicted octanol–water partition coefficient (Wildman–Crippen LogP) is 0.492. The van der Waals surface area contributed by atoms with Crippen LogP contribution in [0.5, 0.6) is 5.75 Å². The van der Waals surface area contributed by atoms with Crippen LogP contribution in [0.3, 0.4) is 0 Å². The van der Waals surface area contributed by atoms with Crippen molar-refractivity contribution in [3.05, 3.63) is 23.3 Å². The van der Waals surface area contributed by atoms with Crippen LogP contribution in [0, 0.1) is 6.92 Å². The molecule has 0 spiro atoms. The van der Waals surface area contributed by atoms with Crippen molar-refractivity contribution in [2.45, 2.75) is 6.92 Å². The third-order valence-electron chi connectivity index (χ3n) is 2.82. The molecule has 0 atom stereocenters. The fourth-order valence-electron chi connectivity index (χ4n) is 2.08. The van der Waals surface area contributed by atoms with E-state index in [1.807, 2.05) is 6.92 Å². The van der Waals surface area contributed by atoms with Crippen molar-refractivity contribution in [3.63, 3.8) is 0 Å². The molecular weight excluding hydrogens is 220 g/mol. The fourth-order valence-corrected chi connectivity index (χ4v) is 2.08. The maximum Gasteiger partial charge on any atom is 0.299 e. The minimum absolute atomic E-state index is 0.323. The number of ketones is 1. The monoisotopic (exact) mass is 234 g/mol. The summed E-state index contributed by atoms with van der Waals surface area (Å²) in [6.45, 7) is 2.52. The van der Waals surface area contributed by atoms with Crippen LogP contribution in [0.15, 0.2) is 12.1 Å². The Kier molecular flexibility index (Phi) is 2.85. The second-order valence-electron chi connectivity index (χ2n) is 3.92. The number of nitrogens with zero attached hydrogens (tertiary/aromatic N) is 1. The number of hydrogen-bond acceptors (Lipinski definition) is 4. The minimum Gasteiger partial charge on any atom is -0.497 e. The van der Waals surface area contributed by atoms with Gasteiger partial charge in [0.15, 0.2) is 0 Å². The Labute approximate surface area is 99.2 Å². The van der Waals surface area contributed by atoms with E-state index in [1.165, 1.54) is 12.0 Å². The van der Waals surface area contributed by atoms with E-state index in [-0.39, 0.29) is 0 Å². The number of fused-ring (bicyclic) bond motifs is 1. The van der Waals surface area contributed by atoms with Gasteiger partial charge in [-0.25, -0.2) is 0 Å². The molecule has 0 saturated heterocycles. The summed E-state index contributed by atoms with van der Waals surface area (Å²) < 4.78 is 5.09. The quantitative estimate of drug-likeness (QED) is 0.772. The van der Waals surface area contributed by atoms with E-state index in [2.05, 4.69) is 0 Å². The van der Waals surface area contributed by atoms with Crippen LogP contribution in [0.2, 0.25) is 0 Å². The molecule has 5 heteroatoms. The number of ether oxygens (including phenoxy) is 1. The summed E-state index contributed by atoms with van der Waals surface area (Å²) in [4.78, 5) is 25.0. The molecule has 0 fully saturated rings. The van der Waals surface area contributed by atoms with Crippen molar-refractivity contribution in [3.8, 4) is 5.75 Å². The number of Topliss-reactive ketones (excluding diaryl/α,β-unsaturated/α-hetero) is 1. The Hall–Kier alpha value is -1.88. The van der Waals surface area contributed by atoms with E-state index in [0.717, 1.165) is 5.56 Å². The number of amides is 1. The van der Waals surface area contributed by atoms with Crippen LogP contribution in [0.4, 0.5) is 5.69 Å². The zero-order chi connectivity index (χ0) is 12.6. The number of nitrogens with two attached hydrogens (primary N) is 1. The molecule has 5 nitrogen and oxygen atoms in total. The molecule has 90 valence electrons. The van der Waals surface area contributed by atoms with Gasteiger partial charge in [-0.15, -0.1) is 0 Å². The Balaban J connectivity index is 2.58. The van der Waals surface area contributed by atoms with E-state index >= 15 is 0 Å². The molecule has 0 bridgehead atoms. The molecule has 1 amide bonds. The molecule has 0 unspecified atom stereocenters. The first-order chi connectivity index (χ1) is 8.10. The van der Waals surface area contributed by atoms with Crippen LogP contribution in [-0.2, 0) is 4.79 Å². The SMILES string of the molecule is COc1cc(C)c2c(c1)C(=O)C(=O)N2CCN. The number of carbonyl (C=O) groups excluding carboxylic acids is 2. The van der Waals surface area contributed by atoms with Crippen LogP contribution in [0.1, 0.15) is 15.9 Å².